The fourth-order valence-corrected chi connectivity index (χ4v) is 7.41. The van der Waals surface area contributed by atoms with Gasteiger partial charge in [-0.1, -0.05) is 49.5 Å². The Hall–Kier alpha value is -3.16. The first kappa shape index (κ1) is 22.6. The Labute approximate surface area is 203 Å². The third-order valence-electron chi connectivity index (χ3n) is 7.08. The fraction of sp³-hybridized carbons (Fsp3) is 0.333. The molecule has 0 fully saturated rings. The van der Waals surface area contributed by atoms with Crippen LogP contribution in [0.5, 0.6) is 11.5 Å². The van der Waals surface area contributed by atoms with Crippen LogP contribution in [0.4, 0.5) is 0 Å². The number of ether oxygens (including phenoxy) is 1. The van der Waals surface area contributed by atoms with Crippen LogP contribution in [-0.4, -0.2) is 13.6 Å². The Kier molecular flexibility index (Phi) is 4.93. The molecule has 3 aromatic carbocycles. The van der Waals surface area contributed by atoms with Crippen LogP contribution in [0.25, 0.3) is 37.6 Å². The molecule has 34 heavy (non-hydrogen) atoms. The highest BCUT2D eigenvalue weighted by Gasteiger charge is 2.37. The summed E-state index contributed by atoms with van der Waals surface area (Å²) in [6, 6.07) is 13.4. The molecule has 0 amide bonds. The molecule has 3 nitrogen and oxygen atoms in total. The number of benzene rings is 3. The first-order chi connectivity index (χ1) is 15.9. The Morgan fingerprint density at radius 2 is 1.76 bits per heavy atom. The number of pyridine rings is 1. The Bertz CT molecular complexity index is 1550. The predicted molar refractivity (Wildman–Crippen MR) is 145 cm³/mol. The summed E-state index contributed by atoms with van der Waals surface area (Å²) in [5, 5.41) is 6.38. The highest BCUT2D eigenvalue weighted by molar-refractivity contribution is 6.91. The minimum atomic E-state index is -1.78. The molecule has 1 aromatic heterocycles. The van der Waals surface area contributed by atoms with E-state index in [0.29, 0.717) is 6.42 Å². The van der Waals surface area contributed by atoms with Crippen LogP contribution < -0.4 is 14.5 Å². The van der Waals surface area contributed by atoms with Gasteiger partial charge in [0.1, 0.15) is 18.5 Å². The molecule has 4 heteroatoms. The Balaban J connectivity index is 1.92. The van der Waals surface area contributed by atoms with Gasteiger partial charge in [0.15, 0.2) is 6.20 Å². The number of rotatable bonds is 3. The van der Waals surface area contributed by atoms with Crippen LogP contribution in [0.2, 0.25) is 19.6 Å². The molecule has 172 valence electrons. The van der Waals surface area contributed by atoms with Gasteiger partial charge in [-0.05, 0) is 52.4 Å². The molecule has 4 aromatic rings. The molecule has 1 aliphatic rings. The minimum Gasteiger partial charge on any atom is -0.456 e. The number of nitrogens with zero attached hydrogens (tertiary/aromatic N) is 2. The SMILES string of the molecule is [C-]#[N+]C(C)(C)Cc1cc2c3c([n+](C)ccc3c1)-c1c(c([Si](C)(C)C)c3cc(C)ccc3c1C)O2. The molecule has 0 radical (unpaired) electrons. The largest absolute Gasteiger partial charge is 0.456 e. The molecule has 0 N–H and O–H groups in total. The first-order valence-corrected chi connectivity index (χ1v) is 15.5. The van der Waals surface area contributed by atoms with Crippen molar-refractivity contribution < 1.29 is 9.30 Å². The van der Waals surface area contributed by atoms with Gasteiger partial charge in [0.2, 0.25) is 11.2 Å². The van der Waals surface area contributed by atoms with Crippen molar-refractivity contribution in [2.75, 3.05) is 0 Å². The average molecular weight is 466 g/mol. The summed E-state index contributed by atoms with van der Waals surface area (Å²) in [6.07, 6.45) is 2.86. The van der Waals surface area contributed by atoms with E-state index in [2.05, 4.69) is 92.5 Å². The third-order valence-corrected chi connectivity index (χ3v) is 9.07. The molecule has 0 saturated carbocycles. The molecule has 5 rings (SSSR count). The minimum absolute atomic E-state index is 0.441. The van der Waals surface area contributed by atoms with Crippen LogP contribution in [-0.2, 0) is 13.5 Å². The lowest BCUT2D eigenvalue weighted by Gasteiger charge is -2.30. The fourth-order valence-electron chi connectivity index (χ4n) is 5.53. The highest BCUT2D eigenvalue weighted by atomic mass is 28.3. The van der Waals surface area contributed by atoms with Crippen LogP contribution in [0.15, 0.2) is 42.6 Å². The number of hydrogen-bond acceptors (Lipinski definition) is 1. The van der Waals surface area contributed by atoms with Gasteiger partial charge in [-0.2, -0.15) is 0 Å². The maximum absolute atomic E-state index is 7.60. The highest BCUT2D eigenvalue weighted by Crippen LogP contribution is 2.48. The summed E-state index contributed by atoms with van der Waals surface area (Å²) in [5.41, 5.74) is 5.71. The summed E-state index contributed by atoms with van der Waals surface area (Å²) in [6.45, 7) is 23.2. The summed E-state index contributed by atoms with van der Waals surface area (Å²) < 4.78 is 9.17. The summed E-state index contributed by atoms with van der Waals surface area (Å²) >= 11 is 0. The van der Waals surface area contributed by atoms with Gasteiger partial charge in [-0.3, -0.25) is 0 Å². The third kappa shape index (κ3) is 3.42. The van der Waals surface area contributed by atoms with Gasteiger partial charge in [0, 0.05) is 19.9 Å². The molecule has 0 unspecified atom stereocenters. The van der Waals surface area contributed by atoms with Crippen molar-refractivity contribution in [3.8, 4) is 22.8 Å². The molecule has 1 aliphatic heterocycles. The lowest BCUT2D eigenvalue weighted by atomic mass is 9.89. The molecular weight excluding hydrogens is 432 g/mol. The summed E-state index contributed by atoms with van der Waals surface area (Å²) in [5.74, 6) is 1.95. The zero-order valence-corrected chi connectivity index (χ0v) is 22.6. The Morgan fingerprint density at radius 1 is 1.03 bits per heavy atom. The predicted octanol–water partition coefficient (Wildman–Crippen LogP) is 6.99. The standard InChI is InChI=1S/C30H33N2OSi/c1-18-10-11-22-19(2)25-27-26-21(12-13-32(27)6)15-20(17-30(3,4)31-5)16-24(26)33-28(25)29(23(22)14-18)34(7,8)9/h10-16H,17H2,1-4,6-9H3/q+1. The zero-order chi connectivity index (χ0) is 24.6. The Morgan fingerprint density at radius 3 is 2.44 bits per heavy atom. The maximum atomic E-state index is 7.60. The number of hydrogen-bond donors (Lipinski definition) is 0. The lowest BCUT2D eigenvalue weighted by molar-refractivity contribution is -0.659. The van der Waals surface area contributed by atoms with Gasteiger partial charge in [0.05, 0.1) is 25.4 Å². The van der Waals surface area contributed by atoms with E-state index in [9.17, 15) is 0 Å². The quantitative estimate of drug-likeness (QED) is 0.159. The van der Waals surface area contributed by atoms with Crippen LogP contribution in [0, 0.1) is 20.4 Å². The van der Waals surface area contributed by atoms with Gasteiger partial charge < -0.3 is 9.58 Å². The van der Waals surface area contributed by atoms with Crippen molar-refractivity contribution in [2.24, 2.45) is 7.05 Å². The van der Waals surface area contributed by atoms with E-state index in [1.807, 2.05) is 13.8 Å². The molecule has 0 spiro atoms. The van der Waals surface area contributed by atoms with Crippen molar-refractivity contribution >= 4 is 34.8 Å². The van der Waals surface area contributed by atoms with Crippen LogP contribution in [0.1, 0.15) is 30.5 Å². The van der Waals surface area contributed by atoms with Crippen molar-refractivity contribution in [2.45, 2.75) is 59.3 Å². The van der Waals surface area contributed by atoms with E-state index >= 15 is 0 Å². The summed E-state index contributed by atoms with van der Waals surface area (Å²) in [4.78, 5) is 3.84. The molecule has 0 bridgehead atoms. The molecule has 2 heterocycles. The van der Waals surface area contributed by atoms with E-state index in [0.717, 1.165) is 22.4 Å². The lowest BCUT2D eigenvalue weighted by Crippen LogP contribution is -2.41. The zero-order valence-electron chi connectivity index (χ0n) is 21.6. The van der Waals surface area contributed by atoms with Gasteiger partial charge in [-0.25, -0.2) is 11.1 Å². The van der Waals surface area contributed by atoms with E-state index in [4.69, 9.17) is 11.3 Å². The average Bonchev–Trinajstić information content (AvgIpc) is 2.74. The normalized spacial score (nSPS) is 13.0. The number of fused-ring (bicyclic) bond motifs is 3. The van der Waals surface area contributed by atoms with E-state index in [-0.39, 0.29) is 0 Å². The van der Waals surface area contributed by atoms with E-state index < -0.39 is 13.6 Å². The van der Waals surface area contributed by atoms with Gasteiger partial charge in [-0.15, -0.1) is 0 Å². The van der Waals surface area contributed by atoms with Crippen LogP contribution in [0.3, 0.4) is 0 Å². The molecule has 0 saturated heterocycles. The number of aromatic nitrogens is 1. The maximum Gasteiger partial charge on any atom is 0.231 e. The molecular formula is C30H33N2OSi+. The molecule has 0 atom stereocenters. The van der Waals surface area contributed by atoms with Crippen LogP contribution >= 0.6 is 0 Å². The number of aryl methyl sites for hydroxylation is 3. The van der Waals surface area contributed by atoms with E-state index in [1.165, 1.54) is 43.7 Å². The summed E-state index contributed by atoms with van der Waals surface area (Å²) in [7, 11) is 0.359. The second-order valence-corrected chi connectivity index (χ2v) is 16.5. The van der Waals surface area contributed by atoms with Crippen molar-refractivity contribution in [1.82, 2.24) is 0 Å². The molecule has 0 aliphatic carbocycles. The smallest absolute Gasteiger partial charge is 0.231 e. The van der Waals surface area contributed by atoms with E-state index in [1.54, 1.807) is 0 Å². The van der Waals surface area contributed by atoms with Crippen molar-refractivity contribution in [3.63, 3.8) is 0 Å². The topological polar surface area (TPSA) is 17.5 Å². The first-order valence-electron chi connectivity index (χ1n) is 12.0. The monoisotopic (exact) mass is 465 g/mol. The second-order valence-electron chi connectivity index (χ2n) is 11.5. The van der Waals surface area contributed by atoms with Crippen molar-refractivity contribution in [3.05, 3.63) is 70.7 Å². The van der Waals surface area contributed by atoms with Crippen molar-refractivity contribution in [1.29, 1.82) is 0 Å². The second kappa shape index (κ2) is 7.42. The van der Waals surface area contributed by atoms with Gasteiger partial charge in [0.25, 0.3) is 0 Å². The van der Waals surface area contributed by atoms with Gasteiger partial charge >= 0.3 is 0 Å².